The molecule has 1 N–H and O–H groups in total. The Bertz CT molecular complexity index is 1010. The van der Waals surface area contributed by atoms with Gasteiger partial charge in [-0.2, -0.15) is 0 Å². The fourth-order valence-electron chi connectivity index (χ4n) is 5.05. The molecule has 0 aliphatic carbocycles. The van der Waals surface area contributed by atoms with E-state index in [-0.39, 0.29) is 23.6 Å². The van der Waals surface area contributed by atoms with Gasteiger partial charge in [0.15, 0.2) is 0 Å². The summed E-state index contributed by atoms with van der Waals surface area (Å²) in [6.07, 6.45) is 4.87. The van der Waals surface area contributed by atoms with Crippen molar-refractivity contribution < 1.29 is 19.1 Å². The van der Waals surface area contributed by atoms with E-state index in [1.807, 2.05) is 40.1 Å². The fourth-order valence-corrected chi connectivity index (χ4v) is 5.05. The van der Waals surface area contributed by atoms with Crippen molar-refractivity contribution in [3.63, 3.8) is 0 Å². The van der Waals surface area contributed by atoms with E-state index in [4.69, 9.17) is 4.74 Å². The summed E-state index contributed by atoms with van der Waals surface area (Å²) < 4.78 is 5.25. The van der Waals surface area contributed by atoms with Crippen LogP contribution in [0.1, 0.15) is 48.0 Å². The van der Waals surface area contributed by atoms with Crippen molar-refractivity contribution in [3.8, 4) is 5.75 Å². The fraction of sp³-hybridized carbons (Fsp3) is 0.464. The maximum absolute atomic E-state index is 13.6. The Morgan fingerprint density at radius 2 is 1.63 bits per heavy atom. The van der Waals surface area contributed by atoms with Crippen molar-refractivity contribution in [2.45, 2.75) is 44.6 Å². The number of carbonyl (C=O) groups excluding carboxylic acids is 3. The second-order valence-electron chi connectivity index (χ2n) is 9.45. The number of carbonyl (C=O) groups is 3. The van der Waals surface area contributed by atoms with Gasteiger partial charge >= 0.3 is 0 Å². The Morgan fingerprint density at radius 3 is 2.31 bits per heavy atom. The van der Waals surface area contributed by atoms with Gasteiger partial charge < -0.3 is 19.9 Å². The van der Waals surface area contributed by atoms with Crippen molar-refractivity contribution in [1.29, 1.82) is 0 Å². The monoisotopic (exact) mass is 477 g/mol. The van der Waals surface area contributed by atoms with E-state index in [2.05, 4.69) is 5.32 Å². The van der Waals surface area contributed by atoms with E-state index in [0.29, 0.717) is 43.7 Å². The van der Waals surface area contributed by atoms with Crippen LogP contribution in [0.5, 0.6) is 5.75 Å². The normalized spacial score (nSPS) is 17.5. The molecule has 0 spiro atoms. The highest BCUT2D eigenvalue weighted by molar-refractivity contribution is 5.98. The van der Waals surface area contributed by atoms with E-state index in [9.17, 15) is 14.4 Å². The molecule has 2 fully saturated rings. The number of piperidine rings is 2. The van der Waals surface area contributed by atoms with Crippen LogP contribution in [0.2, 0.25) is 0 Å². The number of methoxy groups -OCH3 is 1. The van der Waals surface area contributed by atoms with Crippen LogP contribution in [0.3, 0.4) is 0 Å². The number of hydrogen-bond donors (Lipinski definition) is 1. The first-order chi connectivity index (χ1) is 17.0. The highest BCUT2D eigenvalue weighted by atomic mass is 16.5. The lowest BCUT2D eigenvalue weighted by Gasteiger charge is -2.38. The maximum atomic E-state index is 13.6. The molecule has 1 unspecified atom stereocenters. The molecule has 2 heterocycles. The minimum atomic E-state index is -0.599. The Hall–Kier alpha value is -3.35. The summed E-state index contributed by atoms with van der Waals surface area (Å²) in [5, 5.41) is 3.05. The number of nitrogens with zero attached hydrogens (tertiary/aromatic N) is 2. The minimum Gasteiger partial charge on any atom is -0.497 e. The van der Waals surface area contributed by atoms with Crippen LogP contribution in [0.4, 0.5) is 0 Å². The maximum Gasteiger partial charge on any atom is 0.252 e. The SMILES string of the molecule is COc1cccc(C(=O)NC(C(=O)N2CCCCC2)C2CCN(C(=O)Cc3ccccc3)CC2)c1. The number of hydrogen-bond acceptors (Lipinski definition) is 4. The van der Waals surface area contributed by atoms with Gasteiger partial charge in [-0.15, -0.1) is 0 Å². The predicted octanol–water partition coefficient (Wildman–Crippen LogP) is 3.29. The molecule has 2 aromatic carbocycles. The number of likely N-dealkylation sites (tertiary alicyclic amines) is 2. The Morgan fingerprint density at radius 1 is 0.914 bits per heavy atom. The second kappa shape index (κ2) is 11.9. The predicted molar refractivity (Wildman–Crippen MR) is 134 cm³/mol. The van der Waals surface area contributed by atoms with Gasteiger partial charge in [0, 0.05) is 31.7 Å². The first kappa shape index (κ1) is 24.8. The van der Waals surface area contributed by atoms with Gasteiger partial charge in [0.1, 0.15) is 11.8 Å². The average molecular weight is 478 g/mol. The van der Waals surface area contributed by atoms with Crippen molar-refractivity contribution in [2.75, 3.05) is 33.3 Å². The standard InChI is InChI=1S/C28H35N3O4/c1-35-24-12-8-11-23(20-24)27(33)29-26(28(34)31-15-6-3-7-16-31)22-13-17-30(18-14-22)25(32)19-21-9-4-2-5-10-21/h2,4-5,8-12,20,22,26H,3,6-7,13-19H2,1H3,(H,29,33). The van der Waals surface area contributed by atoms with E-state index in [1.54, 1.807) is 31.4 Å². The molecule has 3 amide bonds. The first-order valence-corrected chi connectivity index (χ1v) is 12.6. The Balaban J connectivity index is 1.43. The summed E-state index contributed by atoms with van der Waals surface area (Å²) in [7, 11) is 1.56. The highest BCUT2D eigenvalue weighted by Gasteiger charge is 2.36. The van der Waals surface area contributed by atoms with Crippen molar-refractivity contribution in [1.82, 2.24) is 15.1 Å². The molecule has 2 aliphatic rings. The zero-order valence-corrected chi connectivity index (χ0v) is 20.4. The lowest BCUT2D eigenvalue weighted by atomic mass is 9.87. The average Bonchev–Trinajstić information content (AvgIpc) is 2.92. The number of nitrogens with one attached hydrogen (secondary N) is 1. The lowest BCUT2D eigenvalue weighted by molar-refractivity contribution is -0.136. The van der Waals surface area contributed by atoms with Crippen molar-refractivity contribution in [3.05, 3.63) is 65.7 Å². The number of benzene rings is 2. The molecule has 0 saturated carbocycles. The van der Waals surface area contributed by atoms with E-state index >= 15 is 0 Å². The molecule has 2 aliphatic heterocycles. The molecule has 2 aromatic rings. The Labute approximate surface area is 207 Å². The third-order valence-corrected chi connectivity index (χ3v) is 7.11. The first-order valence-electron chi connectivity index (χ1n) is 12.6. The van der Waals surface area contributed by atoms with Crippen LogP contribution < -0.4 is 10.1 Å². The molecule has 35 heavy (non-hydrogen) atoms. The molecule has 0 radical (unpaired) electrons. The van der Waals surface area contributed by atoms with E-state index in [1.165, 1.54) is 0 Å². The van der Waals surface area contributed by atoms with E-state index < -0.39 is 6.04 Å². The second-order valence-corrected chi connectivity index (χ2v) is 9.45. The molecule has 2 saturated heterocycles. The molecule has 1 atom stereocenters. The molecule has 7 heteroatoms. The van der Waals surface area contributed by atoms with Crippen molar-refractivity contribution in [2.24, 2.45) is 5.92 Å². The van der Waals surface area contributed by atoms with Crippen LogP contribution in [0.25, 0.3) is 0 Å². The summed E-state index contributed by atoms with van der Waals surface area (Å²) >= 11 is 0. The number of rotatable bonds is 7. The van der Waals surface area contributed by atoms with Crippen LogP contribution >= 0.6 is 0 Å². The molecule has 0 bridgehead atoms. The van der Waals surface area contributed by atoms with Gasteiger partial charge in [-0.05, 0) is 61.8 Å². The lowest BCUT2D eigenvalue weighted by Crippen LogP contribution is -2.55. The minimum absolute atomic E-state index is 0.00462. The van der Waals surface area contributed by atoms with E-state index in [0.717, 1.165) is 37.9 Å². The van der Waals surface area contributed by atoms with Gasteiger partial charge in [-0.1, -0.05) is 36.4 Å². The molecule has 0 aromatic heterocycles. The molecular formula is C28H35N3O4. The van der Waals surface area contributed by atoms with Gasteiger partial charge in [-0.25, -0.2) is 0 Å². The molecular weight excluding hydrogens is 442 g/mol. The number of amides is 3. The van der Waals surface area contributed by atoms with Gasteiger partial charge in [-0.3, -0.25) is 14.4 Å². The van der Waals surface area contributed by atoms with Gasteiger partial charge in [0.05, 0.1) is 13.5 Å². The van der Waals surface area contributed by atoms with Crippen molar-refractivity contribution >= 4 is 17.7 Å². The van der Waals surface area contributed by atoms with Crippen LogP contribution in [-0.4, -0.2) is 66.9 Å². The summed E-state index contributed by atoms with van der Waals surface area (Å²) in [5.74, 6) is 0.410. The Kier molecular flexibility index (Phi) is 8.40. The topological polar surface area (TPSA) is 79.0 Å². The summed E-state index contributed by atoms with van der Waals surface area (Å²) in [6.45, 7) is 2.65. The van der Waals surface area contributed by atoms with Crippen LogP contribution in [0, 0.1) is 5.92 Å². The zero-order chi connectivity index (χ0) is 24.6. The summed E-state index contributed by atoms with van der Waals surface area (Å²) in [6, 6.07) is 16.1. The summed E-state index contributed by atoms with van der Waals surface area (Å²) in [5.41, 5.74) is 1.47. The largest absolute Gasteiger partial charge is 0.497 e. The zero-order valence-electron chi connectivity index (χ0n) is 20.4. The van der Waals surface area contributed by atoms with Gasteiger partial charge in [0.25, 0.3) is 5.91 Å². The molecule has 4 rings (SSSR count). The third kappa shape index (κ3) is 6.41. The van der Waals surface area contributed by atoms with Gasteiger partial charge in [0.2, 0.25) is 11.8 Å². The van der Waals surface area contributed by atoms with Crippen LogP contribution in [0.15, 0.2) is 54.6 Å². The van der Waals surface area contributed by atoms with Crippen LogP contribution in [-0.2, 0) is 16.0 Å². The third-order valence-electron chi connectivity index (χ3n) is 7.11. The molecule has 7 nitrogen and oxygen atoms in total. The summed E-state index contributed by atoms with van der Waals surface area (Å²) in [4.78, 5) is 43.3. The number of ether oxygens (including phenoxy) is 1. The molecule has 186 valence electrons. The quantitative estimate of drug-likeness (QED) is 0.664. The highest BCUT2D eigenvalue weighted by Crippen LogP contribution is 2.25. The smallest absolute Gasteiger partial charge is 0.252 e.